The van der Waals surface area contributed by atoms with Crippen LogP contribution >= 0.6 is 0 Å². The molecule has 2 nitrogen and oxygen atoms in total. The molecule has 0 bridgehead atoms. The zero-order valence-corrected chi connectivity index (χ0v) is 14.1. The van der Waals surface area contributed by atoms with Gasteiger partial charge in [0.15, 0.2) is 0 Å². The quantitative estimate of drug-likeness (QED) is 0.655. The van der Waals surface area contributed by atoms with Crippen molar-refractivity contribution in [2.24, 2.45) is 0 Å². The van der Waals surface area contributed by atoms with Crippen molar-refractivity contribution in [3.63, 3.8) is 0 Å². The highest BCUT2D eigenvalue weighted by Gasteiger charge is 2.11. The summed E-state index contributed by atoms with van der Waals surface area (Å²) in [6, 6.07) is 11.2. The van der Waals surface area contributed by atoms with Gasteiger partial charge in [0, 0.05) is 24.8 Å². The molecule has 0 aromatic heterocycles. The Hall–Kier alpha value is -1.28. The lowest BCUT2D eigenvalue weighted by molar-refractivity contribution is 0.326. The Bertz CT molecular complexity index is 380. The van der Waals surface area contributed by atoms with Crippen molar-refractivity contribution < 1.29 is 0 Å². The lowest BCUT2D eigenvalue weighted by atomic mass is 10.0. The Morgan fingerprint density at radius 3 is 2.29 bits per heavy atom. The van der Waals surface area contributed by atoms with Gasteiger partial charge in [0.1, 0.15) is 0 Å². The molecule has 0 aliphatic carbocycles. The number of hydrogen-bond acceptors (Lipinski definition) is 2. The maximum Gasteiger partial charge on any atom is 0.0172 e. The molecular weight excluding hydrogens is 256 g/mol. The van der Waals surface area contributed by atoms with Crippen LogP contribution in [0.25, 0.3) is 0 Å². The molecule has 0 fully saturated rings. The van der Waals surface area contributed by atoms with E-state index in [1.54, 1.807) is 0 Å². The van der Waals surface area contributed by atoms with Crippen molar-refractivity contribution in [1.29, 1.82) is 0 Å². The van der Waals surface area contributed by atoms with Crippen LogP contribution in [0.2, 0.25) is 0 Å². The van der Waals surface area contributed by atoms with Crippen LogP contribution < -0.4 is 5.32 Å². The molecule has 0 aliphatic heterocycles. The molecular formula is C19H32N2. The minimum absolute atomic E-state index is 0.522. The second-order valence-corrected chi connectivity index (χ2v) is 5.77. The van der Waals surface area contributed by atoms with Gasteiger partial charge in [-0.25, -0.2) is 0 Å². The van der Waals surface area contributed by atoms with Crippen molar-refractivity contribution in [3.8, 4) is 0 Å². The predicted molar refractivity (Wildman–Crippen MR) is 93.5 cm³/mol. The molecule has 0 heterocycles. The number of likely N-dealkylation sites (N-methyl/N-ethyl adjacent to an activating group) is 1. The molecule has 21 heavy (non-hydrogen) atoms. The molecule has 1 unspecified atom stereocenters. The van der Waals surface area contributed by atoms with Gasteiger partial charge in [-0.05, 0) is 44.7 Å². The third-order valence-electron chi connectivity index (χ3n) is 3.95. The number of nitrogens with zero attached hydrogens (tertiary/aromatic N) is 1. The standard InChI is InChI=1S/C19H32N2/c1-5-14-21(15-6-2)17(3)12-13-19(20-4)16-18-10-8-7-9-11-18/h7-11,19-20H,3,5-6,12-16H2,1-2,4H3. The number of allylic oxidation sites excluding steroid dienone is 1. The molecule has 0 saturated heterocycles. The third kappa shape index (κ3) is 6.81. The number of nitrogens with one attached hydrogen (secondary N) is 1. The Kier molecular flexibility index (Phi) is 8.84. The maximum atomic E-state index is 4.30. The van der Waals surface area contributed by atoms with E-state index in [-0.39, 0.29) is 0 Å². The molecule has 2 heteroatoms. The second kappa shape index (κ2) is 10.4. The van der Waals surface area contributed by atoms with Gasteiger partial charge in [0.25, 0.3) is 0 Å². The maximum absolute atomic E-state index is 4.30. The fourth-order valence-electron chi connectivity index (χ4n) is 2.71. The Morgan fingerprint density at radius 2 is 1.76 bits per heavy atom. The summed E-state index contributed by atoms with van der Waals surface area (Å²) in [5.41, 5.74) is 2.70. The first-order chi connectivity index (χ1) is 10.2. The number of hydrogen-bond donors (Lipinski definition) is 1. The van der Waals surface area contributed by atoms with E-state index in [9.17, 15) is 0 Å². The van der Waals surface area contributed by atoms with Gasteiger partial charge in [-0.1, -0.05) is 50.8 Å². The molecule has 1 rings (SSSR count). The van der Waals surface area contributed by atoms with E-state index in [1.165, 1.54) is 24.1 Å². The molecule has 0 spiro atoms. The Labute approximate surface area is 131 Å². The van der Waals surface area contributed by atoms with Crippen LogP contribution in [0.15, 0.2) is 42.6 Å². The van der Waals surface area contributed by atoms with Gasteiger partial charge >= 0.3 is 0 Å². The topological polar surface area (TPSA) is 15.3 Å². The summed E-state index contributed by atoms with van der Waals surface area (Å²) in [4.78, 5) is 2.45. The normalized spacial score (nSPS) is 12.1. The predicted octanol–water partition coefficient (Wildman–Crippen LogP) is 4.23. The Morgan fingerprint density at radius 1 is 1.14 bits per heavy atom. The summed E-state index contributed by atoms with van der Waals surface area (Å²) in [5.74, 6) is 0. The van der Waals surface area contributed by atoms with E-state index in [4.69, 9.17) is 0 Å². The van der Waals surface area contributed by atoms with E-state index in [1.807, 2.05) is 0 Å². The van der Waals surface area contributed by atoms with E-state index in [0.29, 0.717) is 6.04 Å². The number of benzene rings is 1. The van der Waals surface area contributed by atoms with E-state index >= 15 is 0 Å². The molecule has 0 saturated carbocycles. The lowest BCUT2D eigenvalue weighted by Gasteiger charge is -2.27. The SMILES string of the molecule is C=C(CCC(Cc1ccccc1)NC)N(CCC)CCC. The molecule has 0 aliphatic rings. The highest BCUT2D eigenvalue weighted by Crippen LogP contribution is 2.14. The summed E-state index contributed by atoms with van der Waals surface area (Å²) in [7, 11) is 2.06. The van der Waals surface area contributed by atoms with Crippen LogP contribution in [-0.2, 0) is 6.42 Å². The monoisotopic (exact) mass is 288 g/mol. The summed E-state index contributed by atoms with van der Waals surface area (Å²) in [6.07, 6.45) is 5.70. The average molecular weight is 288 g/mol. The summed E-state index contributed by atoms with van der Waals surface area (Å²) in [5, 5.41) is 3.45. The molecule has 1 aromatic rings. The van der Waals surface area contributed by atoms with Crippen LogP contribution in [0.5, 0.6) is 0 Å². The van der Waals surface area contributed by atoms with Crippen molar-refractivity contribution in [2.75, 3.05) is 20.1 Å². The Balaban J connectivity index is 2.44. The first-order valence-corrected chi connectivity index (χ1v) is 8.35. The van der Waals surface area contributed by atoms with Crippen LogP contribution in [0, 0.1) is 0 Å². The van der Waals surface area contributed by atoms with Crippen LogP contribution in [0.3, 0.4) is 0 Å². The summed E-state index contributed by atoms with van der Waals surface area (Å²) < 4.78 is 0. The highest BCUT2D eigenvalue weighted by atomic mass is 15.1. The molecule has 0 amide bonds. The lowest BCUT2D eigenvalue weighted by Crippen LogP contribution is -2.30. The molecule has 1 N–H and O–H groups in total. The van der Waals surface area contributed by atoms with Crippen molar-refractivity contribution in [3.05, 3.63) is 48.2 Å². The van der Waals surface area contributed by atoms with Gasteiger partial charge in [-0.15, -0.1) is 0 Å². The average Bonchev–Trinajstić information content (AvgIpc) is 2.51. The zero-order chi connectivity index (χ0) is 15.5. The van der Waals surface area contributed by atoms with Gasteiger partial charge in [-0.2, -0.15) is 0 Å². The molecule has 1 atom stereocenters. The van der Waals surface area contributed by atoms with Gasteiger partial charge in [-0.3, -0.25) is 0 Å². The van der Waals surface area contributed by atoms with Gasteiger partial charge < -0.3 is 10.2 Å². The minimum Gasteiger partial charge on any atom is -0.375 e. The van der Waals surface area contributed by atoms with Crippen molar-refractivity contribution >= 4 is 0 Å². The highest BCUT2D eigenvalue weighted by molar-refractivity contribution is 5.16. The van der Waals surface area contributed by atoms with E-state index in [2.05, 4.69) is 68.0 Å². The summed E-state index contributed by atoms with van der Waals surface area (Å²) >= 11 is 0. The molecule has 1 aromatic carbocycles. The minimum atomic E-state index is 0.522. The number of rotatable bonds is 11. The zero-order valence-electron chi connectivity index (χ0n) is 14.1. The first kappa shape index (κ1) is 17.8. The largest absolute Gasteiger partial charge is 0.375 e. The van der Waals surface area contributed by atoms with Gasteiger partial charge in [0.05, 0.1) is 0 Å². The molecule has 0 radical (unpaired) electrons. The van der Waals surface area contributed by atoms with Crippen LogP contribution in [0.1, 0.15) is 45.1 Å². The van der Waals surface area contributed by atoms with Crippen LogP contribution in [-0.4, -0.2) is 31.1 Å². The summed E-state index contributed by atoms with van der Waals surface area (Å²) in [6.45, 7) is 11.0. The molecule has 118 valence electrons. The van der Waals surface area contributed by atoms with Crippen molar-refractivity contribution in [1.82, 2.24) is 10.2 Å². The fraction of sp³-hybridized carbons (Fsp3) is 0.579. The first-order valence-electron chi connectivity index (χ1n) is 8.35. The third-order valence-corrected chi connectivity index (χ3v) is 3.95. The fourth-order valence-corrected chi connectivity index (χ4v) is 2.71. The van der Waals surface area contributed by atoms with E-state index in [0.717, 1.165) is 32.4 Å². The van der Waals surface area contributed by atoms with Crippen LogP contribution in [0.4, 0.5) is 0 Å². The second-order valence-electron chi connectivity index (χ2n) is 5.77. The smallest absolute Gasteiger partial charge is 0.0172 e. The van der Waals surface area contributed by atoms with E-state index < -0.39 is 0 Å². The van der Waals surface area contributed by atoms with Gasteiger partial charge in [0.2, 0.25) is 0 Å². The van der Waals surface area contributed by atoms with Crippen molar-refractivity contribution in [2.45, 2.75) is 52.0 Å².